The van der Waals surface area contributed by atoms with E-state index in [0.717, 1.165) is 6.42 Å². The molecule has 4 heteroatoms. The van der Waals surface area contributed by atoms with Crippen LogP contribution in [0.15, 0.2) is 0 Å². The molecule has 0 bridgehead atoms. The Hall–Kier alpha value is -0.610. The van der Waals surface area contributed by atoms with Crippen molar-refractivity contribution in [2.24, 2.45) is 5.73 Å². The van der Waals surface area contributed by atoms with E-state index in [4.69, 9.17) is 10.5 Å². The summed E-state index contributed by atoms with van der Waals surface area (Å²) in [7, 11) is 1.76. The van der Waals surface area contributed by atoms with Crippen molar-refractivity contribution in [1.82, 2.24) is 4.90 Å². The Labute approximate surface area is 86.4 Å². The Morgan fingerprint density at radius 1 is 1.50 bits per heavy atom. The smallest absolute Gasteiger partial charge is 0.248 e. The molecule has 4 nitrogen and oxygen atoms in total. The number of hydrogen-bond acceptors (Lipinski definition) is 3. The first-order chi connectivity index (χ1) is 6.49. The van der Waals surface area contributed by atoms with Gasteiger partial charge in [0.15, 0.2) is 0 Å². The van der Waals surface area contributed by atoms with Gasteiger partial charge in [-0.2, -0.15) is 0 Å². The lowest BCUT2D eigenvalue weighted by molar-refractivity contribution is -0.140. The third-order valence-corrected chi connectivity index (χ3v) is 2.62. The zero-order chi connectivity index (χ0) is 11.2. The monoisotopic (exact) mass is 202 g/mol. The van der Waals surface area contributed by atoms with Gasteiger partial charge < -0.3 is 15.4 Å². The van der Waals surface area contributed by atoms with Crippen LogP contribution in [0.4, 0.5) is 0 Å². The predicted molar refractivity (Wildman–Crippen MR) is 57.0 cm³/mol. The van der Waals surface area contributed by atoms with Crippen molar-refractivity contribution in [3.63, 3.8) is 0 Å². The van der Waals surface area contributed by atoms with Crippen LogP contribution in [0.3, 0.4) is 0 Å². The first-order valence-corrected chi connectivity index (χ1v) is 5.07. The summed E-state index contributed by atoms with van der Waals surface area (Å²) in [4.78, 5) is 13.0. The molecule has 1 unspecified atom stereocenters. The molecule has 0 radical (unpaired) electrons. The zero-order valence-corrected chi connectivity index (χ0v) is 9.67. The summed E-state index contributed by atoms with van der Waals surface area (Å²) in [6.45, 7) is 7.11. The van der Waals surface area contributed by atoms with Gasteiger partial charge in [0.2, 0.25) is 5.91 Å². The van der Waals surface area contributed by atoms with Crippen LogP contribution in [-0.4, -0.2) is 43.2 Å². The number of likely N-dealkylation sites (N-methyl/N-ethyl adjacent to an activating group) is 1. The molecule has 0 aromatic heterocycles. The van der Waals surface area contributed by atoms with E-state index >= 15 is 0 Å². The topological polar surface area (TPSA) is 55.6 Å². The zero-order valence-electron chi connectivity index (χ0n) is 9.67. The Balaban J connectivity index is 3.98. The fraction of sp³-hybridized carbons (Fsp3) is 0.900. The summed E-state index contributed by atoms with van der Waals surface area (Å²) in [6, 6.07) is 0. The maximum Gasteiger partial charge on any atom is 0.248 e. The van der Waals surface area contributed by atoms with E-state index < -0.39 is 0 Å². The average molecular weight is 202 g/mol. The maximum atomic E-state index is 11.4. The van der Waals surface area contributed by atoms with E-state index in [0.29, 0.717) is 13.1 Å². The normalized spacial score (nSPS) is 14.9. The van der Waals surface area contributed by atoms with Gasteiger partial charge in [0.25, 0.3) is 0 Å². The second-order valence-electron chi connectivity index (χ2n) is 3.70. The molecular weight excluding hydrogens is 180 g/mol. The Kier molecular flexibility index (Phi) is 5.72. The van der Waals surface area contributed by atoms with Crippen LogP contribution >= 0.6 is 0 Å². The van der Waals surface area contributed by atoms with Crippen LogP contribution in [-0.2, 0) is 9.53 Å². The number of amides is 1. The molecule has 0 aliphatic carbocycles. The predicted octanol–water partition coefficient (Wildman–Crippen LogP) is 0.609. The second kappa shape index (κ2) is 5.98. The van der Waals surface area contributed by atoms with Crippen molar-refractivity contribution in [1.29, 1.82) is 0 Å². The maximum absolute atomic E-state index is 11.4. The average Bonchev–Trinajstić information content (AvgIpc) is 2.24. The third kappa shape index (κ3) is 4.07. The molecular formula is C10H22N2O2. The van der Waals surface area contributed by atoms with Crippen molar-refractivity contribution in [3.05, 3.63) is 0 Å². The van der Waals surface area contributed by atoms with Crippen LogP contribution in [0.2, 0.25) is 0 Å². The molecule has 0 heterocycles. The van der Waals surface area contributed by atoms with Crippen LogP contribution in [0.25, 0.3) is 0 Å². The molecule has 0 saturated carbocycles. The van der Waals surface area contributed by atoms with E-state index in [9.17, 15) is 4.79 Å². The Bertz CT molecular complexity index is 179. The minimum Gasteiger partial charge on any atom is -0.364 e. The van der Waals surface area contributed by atoms with Gasteiger partial charge in [0.1, 0.15) is 6.61 Å². The van der Waals surface area contributed by atoms with Crippen molar-refractivity contribution in [3.8, 4) is 0 Å². The highest BCUT2D eigenvalue weighted by molar-refractivity contribution is 5.77. The van der Waals surface area contributed by atoms with Crippen molar-refractivity contribution in [2.45, 2.75) is 32.8 Å². The van der Waals surface area contributed by atoms with E-state index in [2.05, 4.69) is 0 Å². The van der Waals surface area contributed by atoms with E-state index in [1.165, 1.54) is 0 Å². The second-order valence-corrected chi connectivity index (χ2v) is 3.70. The molecule has 0 aromatic carbocycles. The van der Waals surface area contributed by atoms with Gasteiger partial charge in [-0.05, 0) is 20.3 Å². The molecule has 0 spiro atoms. The number of carbonyl (C=O) groups is 1. The molecule has 2 N–H and O–H groups in total. The number of hydrogen-bond donors (Lipinski definition) is 1. The van der Waals surface area contributed by atoms with Gasteiger partial charge >= 0.3 is 0 Å². The SMILES string of the molecule is CCN(C)C(=O)COC(C)(CC)CN. The van der Waals surface area contributed by atoms with Crippen LogP contribution < -0.4 is 5.73 Å². The fourth-order valence-corrected chi connectivity index (χ4v) is 0.828. The van der Waals surface area contributed by atoms with Gasteiger partial charge in [-0.1, -0.05) is 6.92 Å². The standard InChI is InChI=1S/C10H22N2O2/c1-5-10(3,8-11)14-7-9(13)12(4)6-2/h5-8,11H2,1-4H3. The molecule has 0 aliphatic heterocycles. The van der Waals surface area contributed by atoms with Gasteiger partial charge in [0.05, 0.1) is 5.60 Å². The van der Waals surface area contributed by atoms with Crippen molar-refractivity contribution >= 4 is 5.91 Å². The molecule has 0 rings (SSSR count). The Morgan fingerprint density at radius 2 is 2.07 bits per heavy atom. The number of nitrogens with zero attached hydrogens (tertiary/aromatic N) is 1. The van der Waals surface area contributed by atoms with E-state index in [1.54, 1.807) is 11.9 Å². The lowest BCUT2D eigenvalue weighted by Crippen LogP contribution is -2.40. The summed E-state index contributed by atoms with van der Waals surface area (Å²) in [5, 5.41) is 0. The largest absolute Gasteiger partial charge is 0.364 e. The molecule has 0 aromatic rings. The van der Waals surface area contributed by atoms with Crippen molar-refractivity contribution < 1.29 is 9.53 Å². The lowest BCUT2D eigenvalue weighted by Gasteiger charge is -2.27. The minimum atomic E-state index is -0.371. The lowest BCUT2D eigenvalue weighted by atomic mass is 10.0. The van der Waals surface area contributed by atoms with Gasteiger partial charge in [-0.25, -0.2) is 0 Å². The highest BCUT2D eigenvalue weighted by Gasteiger charge is 2.22. The van der Waals surface area contributed by atoms with Crippen LogP contribution in [0.1, 0.15) is 27.2 Å². The number of ether oxygens (including phenoxy) is 1. The van der Waals surface area contributed by atoms with Gasteiger partial charge in [0, 0.05) is 20.1 Å². The number of rotatable bonds is 6. The first-order valence-electron chi connectivity index (χ1n) is 5.07. The quantitative estimate of drug-likeness (QED) is 0.686. The molecule has 84 valence electrons. The Morgan fingerprint density at radius 3 is 2.43 bits per heavy atom. The molecule has 0 saturated heterocycles. The highest BCUT2D eigenvalue weighted by atomic mass is 16.5. The van der Waals surface area contributed by atoms with Crippen LogP contribution in [0, 0.1) is 0 Å². The van der Waals surface area contributed by atoms with E-state index in [-0.39, 0.29) is 18.1 Å². The first kappa shape index (κ1) is 13.4. The van der Waals surface area contributed by atoms with Crippen molar-refractivity contribution in [2.75, 3.05) is 26.7 Å². The summed E-state index contributed by atoms with van der Waals surface area (Å²) >= 11 is 0. The van der Waals surface area contributed by atoms with Gasteiger partial charge in [-0.15, -0.1) is 0 Å². The number of nitrogens with two attached hydrogens (primary N) is 1. The van der Waals surface area contributed by atoms with Gasteiger partial charge in [-0.3, -0.25) is 4.79 Å². The van der Waals surface area contributed by atoms with E-state index in [1.807, 2.05) is 20.8 Å². The molecule has 1 atom stereocenters. The summed E-state index contributed by atoms with van der Waals surface area (Å²) in [6.07, 6.45) is 0.812. The molecule has 0 aliphatic rings. The molecule has 14 heavy (non-hydrogen) atoms. The molecule has 0 fully saturated rings. The molecule has 1 amide bonds. The summed E-state index contributed by atoms with van der Waals surface area (Å²) in [5.74, 6) is 0.000579. The summed E-state index contributed by atoms with van der Waals surface area (Å²) in [5.41, 5.74) is 5.19. The highest BCUT2D eigenvalue weighted by Crippen LogP contribution is 2.12. The fourth-order valence-electron chi connectivity index (χ4n) is 0.828. The third-order valence-electron chi connectivity index (χ3n) is 2.62. The number of carbonyl (C=O) groups excluding carboxylic acids is 1. The minimum absolute atomic E-state index is 0.000579. The summed E-state index contributed by atoms with van der Waals surface area (Å²) < 4.78 is 5.50. The van der Waals surface area contributed by atoms with Crippen LogP contribution in [0.5, 0.6) is 0 Å².